The Morgan fingerprint density at radius 3 is 2.46 bits per heavy atom. The van der Waals surface area contributed by atoms with Gasteiger partial charge in [0.25, 0.3) is 0 Å². The number of ketones is 1. The number of Topliss-reactive ketones (excluding diaryl/α,β-unsaturated/α-hetero) is 1. The molecule has 2 aromatic heterocycles. The Hall–Kier alpha value is -3.28. The maximum atomic E-state index is 12.4. The average Bonchev–Trinajstić information content (AvgIpc) is 3.11. The number of rotatable bonds is 6. The summed E-state index contributed by atoms with van der Waals surface area (Å²) in [7, 11) is 1.77. The molecule has 0 aliphatic rings. The molecule has 0 bridgehead atoms. The number of anilines is 1. The van der Waals surface area contributed by atoms with Crippen LogP contribution in [-0.2, 0) is 11.2 Å². The number of carbonyl (C=O) groups is 2. The summed E-state index contributed by atoms with van der Waals surface area (Å²) < 4.78 is 5.00. The van der Waals surface area contributed by atoms with Gasteiger partial charge in [-0.25, -0.2) is 0 Å². The summed E-state index contributed by atoms with van der Waals surface area (Å²) in [5.41, 5.74) is 4.95. The molecule has 0 spiro atoms. The van der Waals surface area contributed by atoms with Gasteiger partial charge in [0.05, 0.1) is 11.9 Å². The van der Waals surface area contributed by atoms with Crippen LogP contribution in [0.5, 0.6) is 0 Å². The van der Waals surface area contributed by atoms with Crippen LogP contribution >= 0.6 is 0 Å². The van der Waals surface area contributed by atoms with Gasteiger partial charge in [-0.2, -0.15) is 0 Å². The maximum Gasteiger partial charge on any atom is 0.226 e. The topological polar surface area (TPSA) is 76.3 Å². The zero-order valence-electron chi connectivity index (χ0n) is 16.5. The first-order valence-corrected chi connectivity index (χ1v) is 9.17. The molecule has 0 saturated heterocycles. The van der Waals surface area contributed by atoms with Crippen molar-refractivity contribution in [2.24, 2.45) is 0 Å². The van der Waals surface area contributed by atoms with Crippen molar-refractivity contribution in [3.63, 3.8) is 0 Å². The summed E-state index contributed by atoms with van der Waals surface area (Å²) in [4.78, 5) is 30.4. The lowest BCUT2D eigenvalue weighted by Crippen LogP contribution is -2.25. The molecule has 3 rings (SSSR count). The van der Waals surface area contributed by atoms with E-state index < -0.39 is 0 Å². The van der Waals surface area contributed by atoms with Crippen molar-refractivity contribution in [1.29, 1.82) is 0 Å². The molecule has 0 aliphatic carbocycles. The van der Waals surface area contributed by atoms with Crippen LogP contribution in [-0.4, -0.2) is 28.9 Å². The van der Waals surface area contributed by atoms with E-state index in [1.807, 2.05) is 38.1 Å². The summed E-state index contributed by atoms with van der Waals surface area (Å²) in [5, 5.41) is 3.70. The molecule has 0 saturated carbocycles. The third-order valence-electron chi connectivity index (χ3n) is 4.84. The molecular weight excluding hydrogens is 354 g/mol. The second-order valence-electron chi connectivity index (χ2n) is 6.74. The molecule has 1 aromatic carbocycles. The van der Waals surface area contributed by atoms with Gasteiger partial charge in [0.2, 0.25) is 5.91 Å². The minimum Gasteiger partial charge on any atom is -0.361 e. The van der Waals surface area contributed by atoms with Crippen molar-refractivity contribution in [2.75, 3.05) is 11.9 Å². The van der Waals surface area contributed by atoms with Crippen LogP contribution < -0.4 is 4.90 Å². The van der Waals surface area contributed by atoms with Crippen LogP contribution in [0.1, 0.15) is 40.6 Å². The number of hydrogen-bond acceptors (Lipinski definition) is 5. The first-order valence-electron chi connectivity index (χ1n) is 9.17. The van der Waals surface area contributed by atoms with Gasteiger partial charge >= 0.3 is 0 Å². The lowest BCUT2D eigenvalue weighted by Gasteiger charge is -2.18. The lowest BCUT2D eigenvalue weighted by atomic mass is 10.0. The molecule has 0 N–H and O–H groups in total. The van der Waals surface area contributed by atoms with E-state index >= 15 is 0 Å². The van der Waals surface area contributed by atoms with E-state index in [1.165, 1.54) is 0 Å². The second kappa shape index (κ2) is 8.17. The highest BCUT2D eigenvalue weighted by atomic mass is 16.5. The van der Waals surface area contributed by atoms with Gasteiger partial charge in [-0.3, -0.25) is 14.6 Å². The van der Waals surface area contributed by atoms with Crippen molar-refractivity contribution < 1.29 is 14.1 Å². The molecule has 2 heterocycles. The van der Waals surface area contributed by atoms with E-state index in [0.717, 1.165) is 28.1 Å². The molecule has 0 atom stereocenters. The summed E-state index contributed by atoms with van der Waals surface area (Å²) in [5.74, 6) is 0.688. The van der Waals surface area contributed by atoms with E-state index in [2.05, 4.69) is 10.1 Å². The van der Waals surface area contributed by atoms with Crippen LogP contribution in [0.3, 0.4) is 0 Å². The minimum absolute atomic E-state index is 0.0304. The molecule has 6 nitrogen and oxygen atoms in total. The van der Waals surface area contributed by atoms with Crippen LogP contribution in [0.2, 0.25) is 0 Å². The number of hydrogen-bond donors (Lipinski definition) is 0. The van der Waals surface area contributed by atoms with Crippen LogP contribution in [0.4, 0.5) is 5.69 Å². The standard InChI is InChI=1S/C22H23N3O3/c1-5-22(27)25(4)18-7-8-19(14(2)10-18)20-9-6-16(12-23-20)21(26)11-17-13-24-28-15(17)3/h6-10,12-13H,5,11H2,1-4H3. The molecular formula is C22H23N3O3. The Labute approximate surface area is 164 Å². The third-order valence-corrected chi connectivity index (χ3v) is 4.84. The molecule has 6 heteroatoms. The van der Waals surface area contributed by atoms with Crippen molar-refractivity contribution in [3.05, 3.63) is 65.2 Å². The van der Waals surface area contributed by atoms with E-state index in [-0.39, 0.29) is 18.1 Å². The van der Waals surface area contributed by atoms with Crippen LogP contribution in [0.25, 0.3) is 11.3 Å². The number of aromatic nitrogens is 2. The zero-order chi connectivity index (χ0) is 20.3. The molecule has 1 amide bonds. The highest BCUT2D eigenvalue weighted by Gasteiger charge is 2.14. The van der Waals surface area contributed by atoms with E-state index in [9.17, 15) is 9.59 Å². The van der Waals surface area contributed by atoms with Crippen molar-refractivity contribution in [3.8, 4) is 11.3 Å². The summed E-state index contributed by atoms with van der Waals surface area (Å²) >= 11 is 0. The van der Waals surface area contributed by atoms with Gasteiger partial charge in [0.1, 0.15) is 5.76 Å². The zero-order valence-corrected chi connectivity index (χ0v) is 16.5. The largest absolute Gasteiger partial charge is 0.361 e. The monoisotopic (exact) mass is 377 g/mol. The fourth-order valence-corrected chi connectivity index (χ4v) is 3.01. The highest BCUT2D eigenvalue weighted by molar-refractivity contribution is 5.97. The number of amides is 1. The number of aryl methyl sites for hydroxylation is 2. The van der Waals surface area contributed by atoms with Gasteiger partial charge in [-0.15, -0.1) is 0 Å². The van der Waals surface area contributed by atoms with Crippen LogP contribution in [0.15, 0.2) is 47.2 Å². The second-order valence-corrected chi connectivity index (χ2v) is 6.74. The Morgan fingerprint density at radius 2 is 1.89 bits per heavy atom. The number of benzene rings is 1. The minimum atomic E-state index is -0.0304. The number of pyridine rings is 1. The fourth-order valence-electron chi connectivity index (χ4n) is 3.01. The SMILES string of the molecule is CCC(=O)N(C)c1ccc(-c2ccc(C(=O)Cc3cnoc3C)cn2)c(C)c1. The molecule has 3 aromatic rings. The highest BCUT2D eigenvalue weighted by Crippen LogP contribution is 2.26. The summed E-state index contributed by atoms with van der Waals surface area (Å²) in [6.45, 7) is 5.62. The first-order chi connectivity index (χ1) is 13.4. The average molecular weight is 377 g/mol. The van der Waals surface area contributed by atoms with E-state index in [1.54, 1.807) is 37.3 Å². The van der Waals surface area contributed by atoms with Crippen molar-refractivity contribution >= 4 is 17.4 Å². The first kappa shape index (κ1) is 19.5. The van der Waals surface area contributed by atoms with Gasteiger partial charge in [-0.05, 0) is 43.7 Å². The van der Waals surface area contributed by atoms with Crippen molar-refractivity contribution in [2.45, 2.75) is 33.6 Å². The lowest BCUT2D eigenvalue weighted by molar-refractivity contribution is -0.118. The number of nitrogens with zero attached hydrogens (tertiary/aromatic N) is 3. The van der Waals surface area contributed by atoms with Crippen LogP contribution in [0, 0.1) is 13.8 Å². The molecule has 0 aliphatic heterocycles. The van der Waals surface area contributed by atoms with E-state index in [4.69, 9.17) is 4.52 Å². The predicted molar refractivity (Wildman–Crippen MR) is 107 cm³/mol. The summed E-state index contributed by atoms with van der Waals surface area (Å²) in [6.07, 6.45) is 3.87. The molecule has 0 radical (unpaired) electrons. The Morgan fingerprint density at radius 1 is 1.11 bits per heavy atom. The molecule has 144 valence electrons. The molecule has 28 heavy (non-hydrogen) atoms. The maximum absolute atomic E-state index is 12.4. The normalized spacial score (nSPS) is 10.7. The van der Waals surface area contributed by atoms with E-state index in [0.29, 0.717) is 17.7 Å². The van der Waals surface area contributed by atoms with Gasteiger partial charge in [-0.1, -0.05) is 18.1 Å². The fraction of sp³-hybridized carbons (Fsp3) is 0.273. The molecule has 0 fully saturated rings. The Balaban J connectivity index is 1.78. The summed E-state index contributed by atoms with van der Waals surface area (Å²) in [6, 6.07) is 9.46. The van der Waals surface area contributed by atoms with Gasteiger partial charge in [0.15, 0.2) is 5.78 Å². The predicted octanol–water partition coefficient (Wildman–Crippen LogP) is 4.15. The number of carbonyl (C=O) groups excluding carboxylic acids is 2. The third kappa shape index (κ3) is 4.01. The van der Waals surface area contributed by atoms with Gasteiger partial charge in [0, 0.05) is 48.5 Å². The Bertz CT molecular complexity index is 1010. The Kier molecular flexibility index (Phi) is 5.68. The molecule has 0 unspecified atom stereocenters. The van der Waals surface area contributed by atoms with Gasteiger partial charge < -0.3 is 9.42 Å². The van der Waals surface area contributed by atoms with Crippen molar-refractivity contribution in [1.82, 2.24) is 10.1 Å². The quantitative estimate of drug-likeness (QED) is 0.603. The smallest absolute Gasteiger partial charge is 0.226 e.